The Morgan fingerprint density at radius 3 is 2.78 bits per heavy atom. The van der Waals surface area contributed by atoms with Crippen LogP contribution in [0.15, 0.2) is 36.7 Å². The molecule has 7 heteroatoms. The maximum atomic E-state index is 12.1. The molecule has 1 N–H and O–H groups in total. The molecule has 0 amide bonds. The Balaban J connectivity index is 1.87. The first-order chi connectivity index (χ1) is 11.0. The number of nitrogens with one attached hydrogen (secondary N) is 1. The monoisotopic (exact) mass is 336 g/mol. The standard InChI is InChI=1S/C16H25N4O2P/c1-4-22-23(3,21)11-10-14(2)17-12-16-19-18-13-20(16)15-8-6-5-7-9-15/h5-9,13-14,17H,4,10-12H2,1-3H3/t14-,23+/m1/s1. The fraction of sp³-hybridized carbons (Fsp3) is 0.500. The second-order valence-electron chi connectivity index (χ2n) is 5.68. The highest BCUT2D eigenvalue weighted by Crippen LogP contribution is 2.42. The summed E-state index contributed by atoms with van der Waals surface area (Å²) in [7, 11) is -2.46. The molecule has 0 aliphatic heterocycles. The summed E-state index contributed by atoms with van der Waals surface area (Å²) in [5.41, 5.74) is 1.04. The van der Waals surface area contributed by atoms with Crippen LogP contribution in [0.1, 0.15) is 26.1 Å². The summed E-state index contributed by atoms with van der Waals surface area (Å²) in [6.07, 6.45) is 3.10. The van der Waals surface area contributed by atoms with Crippen molar-refractivity contribution >= 4 is 7.37 Å². The summed E-state index contributed by atoms with van der Waals surface area (Å²) >= 11 is 0. The molecule has 0 aliphatic carbocycles. The lowest BCUT2D eigenvalue weighted by Gasteiger charge is -2.17. The van der Waals surface area contributed by atoms with Gasteiger partial charge in [-0.15, -0.1) is 10.2 Å². The Morgan fingerprint density at radius 1 is 1.35 bits per heavy atom. The normalized spacial score (nSPS) is 15.3. The van der Waals surface area contributed by atoms with Crippen molar-refractivity contribution in [1.82, 2.24) is 20.1 Å². The van der Waals surface area contributed by atoms with Crippen LogP contribution in [0.4, 0.5) is 0 Å². The third kappa shape index (κ3) is 5.57. The van der Waals surface area contributed by atoms with E-state index >= 15 is 0 Å². The molecule has 1 aromatic heterocycles. The maximum absolute atomic E-state index is 12.1. The summed E-state index contributed by atoms with van der Waals surface area (Å²) in [4.78, 5) is 0. The van der Waals surface area contributed by atoms with E-state index in [0.717, 1.165) is 17.9 Å². The first-order valence-electron chi connectivity index (χ1n) is 7.90. The van der Waals surface area contributed by atoms with Crippen molar-refractivity contribution in [3.8, 4) is 5.69 Å². The van der Waals surface area contributed by atoms with Crippen molar-refractivity contribution in [2.45, 2.75) is 32.9 Å². The van der Waals surface area contributed by atoms with Crippen LogP contribution in [0.5, 0.6) is 0 Å². The predicted molar refractivity (Wildman–Crippen MR) is 92.3 cm³/mol. The van der Waals surface area contributed by atoms with Gasteiger partial charge in [0.25, 0.3) is 0 Å². The fourth-order valence-corrected chi connectivity index (χ4v) is 3.85. The second kappa shape index (κ2) is 8.39. The fourth-order valence-electron chi connectivity index (χ4n) is 2.32. The van der Waals surface area contributed by atoms with Gasteiger partial charge in [-0.25, -0.2) is 0 Å². The summed E-state index contributed by atoms with van der Waals surface area (Å²) in [6, 6.07) is 10.2. The summed E-state index contributed by atoms with van der Waals surface area (Å²) < 4.78 is 19.4. The van der Waals surface area contributed by atoms with Gasteiger partial charge in [0.2, 0.25) is 0 Å². The third-order valence-electron chi connectivity index (χ3n) is 3.63. The van der Waals surface area contributed by atoms with Gasteiger partial charge in [0.15, 0.2) is 13.2 Å². The largest absolute Gasteiger partial charge is 0.329 e. The van der Waals surface area contributed by atoms with Crippen molar-refractivity contribution in [1.29, 1.82) is 0 Å². The minimum atomic E-state index is -2.46. The van der Waals surface area contributed by atoms with E-state index in [9.17, 15) is 4.57 Å². The number of rotatable bonds is 9. The SMILES string of the molecule is CCO[P@](C)(=O)CC[C@@H](C)NCc1nncn1-c1ccccc1. The summed E-state index contributed by atoms with van der Waals surface area (Å²) in [6.45, 7) is 6.76. The number of para-hydroxylation sites is 1. The first kappa shape index (κ1) is 17.9. The van der Waals surface area contributed by atoms with Gasteiger partial charge in [0, 0.05) is 24.6 Å². The Bertz CT molecular complexity index is 645. The molecule has 0 aliphatic rings. The summed E-state index contributed by atoms with van der Waals surface area (Å²) in [5.74, 6) is 0.854. The molecular formula is C16H25N4O2P. The molecule has 23 heavy (non-hydrogen) atoms. The van der Waals surface area contributed by atoms with Gasteiger partial charge in [0.1, 0.15) is 6.33 Å². The molecule has 0 spiro atoms. The Kier molecular flexibility index (Phi) is 6.51. The molecule has 0 radical (unpaired) electrons. The highest BCUT2D eigenvalue weighted by atomic mass is 31.2. The zero-order valence-electron chi connectivity index (χ0n) is 14.0. The molecule has 0 bridgehead atoms. The Morgan fingerprint density at radius 2 is 2.09 bits per heavy atom. The molecule has 2 atom stereocenters. The number of hydrogen-bond donors (Lipinski definition) is 1. The van der Waals surface area contributed by atoms with Crippen LogP contribution in [-0.4, -0.2) is 40.2 Å². The van der Waals surface area contributed by atoms with Gasteiger partial charge < -0.3 is 9.84 Å². The molecule has 1 heterocycles. The highest BCUT2D eigenvalue weighted by molar-refractivity contribution is 7.58. The van der Waals surface area contributed by atoms with Crippen LogP contribution in [0.25, 0.3) is 5.69 Å². The van der Waals surface area contributed by atoms with E-state index in [1.165, 1.54) is 0 Å². The van der Waals surface area contributed by atoms with Gasteiger partial charge in [-0.2, -0.15) is 0 Å². The number of hydrogen-bond acceptors (Lipinski definition) is 5. The molecule has 0 unspecified atom stereocenters. The molecule has 0 saturated heterocycles. The van der Waals surface area contributed by atoms with Crippen molar-refractivity contribution in [3.05, 3.63) is 42.5 Å². The van der Waals surface area contributed by atoms with Crippen LogP contribution in [0, 0.1) is 0 Å². The Labute approximate surface area is 137 Å². The maximum Gasteiger partial charge on any atom is 0.200 e. The molecule has 6 nitrogen and oxygen atoms in total. The average molecular weight is 336 g/mol. The molecule has 126 valence electrons. The zero-order valence-corrected chi connectivity index (χ0v) is 14.9. The van der Waals surface area contributed by atoms with Crippen LogP contribution in [0.2, 0.25) is 0 Å². The molecule has 0 fully saturated rings. The van der Waals surface area contributed by atoms with Crippen LogP contribution < -0.4 is 5.32 Å². The lowest BCUT2D eigenvalue weighted by Crippen LogP contribution is -2.27. The molecule has 2 aromatic rings. The van der Waals surface area contributed by atoms with E-state index < -0.39 is 7.37 Å². The van der Waals surface area contributed by atoms with E-state index in [1.54, 1.807) is 13.0 Å². The van der Waals surface area contributed by atoms with Gasteiger partial charge in [-0.3, -0.25) is 9.13 Å². The predicted octanol–water partition coefficient (Wildman–Crippen LogP) is 3.08. The van der Waals surface area contributed by atoms with Crippen molar-refractivity contribution in [2.24, 2.45) is 0 Å². The number of benzene rings is 1. The van der Waals surface area contributed by atoms with Crippen LogP contribution in [0.3, 0.4) is 0 Å². The van der Waals surface area contributed by atoms with Gasteiger partial charge >= 0.3 is 0 Å². The topological polar surface area (TPSA) is 69.0 Å². The van der Waals surface area contributed by atoms with Gasteiger partial charge in [-0.05, 0) is 32.4 Å². The lowest BCUT2D eigenvalue weighted by molar-refractivity contribution is 0.334. The van der Waals surface area contributed by atoms with Crippen molar-refractivity contribution in [3.63, 3.8) is 0 Å². The van der Waals surface area contributed by atoms with E-state index in [4.69, 9.17) is 4.52 Å². The number of nitrogens with zero attached hydrogens (tertiary/aromatic N) is 3. The quantitative estimate of drug-likeness (QED) is 0.713. The van der Waals surface area contributed by atoms with Crippen LogP contribution in [-0.2, 0) is 15.6 Å². The van der Waals surface area contributed by atoms with Crippen molar-refractivity contribution in [2.75, 3.05) is 19.4 Å². The van der Waals surface area contributed by atoms with Crippen molar-refractivity contribution < 1.29 is 9.09 Å². The molecular weight excluding hydrogens is 311 g/mol. The van der Waals surface area contributed by atoms with E-state index in [2.05, 4.69) is 22.4 Å². The van der Waals surface area contributed by atoms with Crippen LogP contribution >= 0.6 is 7.37 Å². The lowest BCUT2D eigenvalue weighted by atomic mass is 10.2. The minimum absolute atomic E-state index is 0.227. The van der Waals surface area contributed by atoms with Gasteiger partial charge in [-0.1, -0.05) is 18.2 Å². The Hall–Kier alpha value is -1.49. The van der Waals surface area contributed by atoms with E-state index in [-0.39, 0.29) is 6.04 Å². The van der Waals surface area contributed by atoms with E-state index in [1.807, 2.05) is 41.8 Å². The molecule has 2 rings (SSSR count). The zero-order chi connectivity index (χ0) is 16.7. The average Bonchev–Trinajstić information content (AvgIpc) is 3.00. The summed E-state index contributed by atoms with van der Waals surface area (Å²) in [5, 5.41) is 11.6. The second-order valence-corrected chi connectivity index (χ2v) is 8.41. The smallest absolute Gasteiger partial charge is 0.200 e. The number of aromatic nitrogens is 3. The molecule has 1 aromatic carbocycles. The van der Waals surface area contributed by atoms with Gasteiger partial charge in [0.05, 0.1) is 13.2 Å². The third-order valence-corrected chi connectivity index (χ3v) is 5.51. The minimum Gasteiger partial charge on any atom is -0.329 e. The van der Waals surface area contributed by atoms with E-state index in [0.29, 0.717) is 19.3 Å². The first-order valence-corrected chi connectivity index (χ1v) is 10.2. The molecule has 0 saturated carbocycles. The highest BCUT2D eigenvalue weighted by Gasteiger charge is 2.17.